The predicted octanol–water partition coefficient (Wildman–Crippen LogP) is 4.70. The second-order valence-corrected chi connectivity index (χ2v) is 5.72. The average molecular weight is 225 g/mol. The number of aryl methyl sites for hydroxylation is 1. The molecule has 1 atom stereocenters. The van der Waals surface area contributed by atoms with Gasteiger partial charge in [0.2, 0.25) is 0 Å². The number of aromatic nitrogens is 1. The summed E-state index contributed by atoms with van der Waals surface area (Å²) in [5.41, 5.74) is 1.85. The molecule has 0 amide bonds. The Bertz CT molecular complexity index is 292. The second-order valence-electron chi connectivity index (χ2n) is 4.71. The topological polar surface area (TPSA) is 12.9 Å². The van der Waals surface area contributed by atoms with Crippen LogP contribution in [0.5, 0.6) is 0 Å². The molecular weight excluding hydrogens is 202 g/mol. The molecule has 0 aliphatic heterocycles. The zero-order chi connectivity index (χ0) is 11.3. The van der Waals surface area contributed by atoms with Gasteiger partial charge in [-0.2, -0.15) is 0 Å². The molecule has 1 nitrogen and oxygen atoms in total. The molecule has 0 N–H and O–H groups in total. The van der Waals surface area contributed by atoms with Gasteiger partial charge >= 0.3 is 0 Å². The van der Waals surface area contributed by atoms with E-state index in [1.165, 1.54) is 42.5 Å². The zero-order valence-corrected chi connectivity index (χ0v) is 11.3. The van der Waals surface area contributed by atoms with Gasteiger partial charge in [-0.25, -0.2) is 4.37 Å². The summed E-state index contributed by atoms with van der Waals surface area (Å²) in [5, 5.41) is 0. The SMILES string of the molecule is CCCCC(C)(CCC)c1cnsc1C. The van der Waals surface area contributed by atoms with E-state index in [9.17, 15) is 0 Å². The van der Waals surface area contributed by atoms with Gasteiger partial charge in [0.1, 0.15) is 0 Å². The molecule has 1 unspecified atom stereocenters. The molecule has 0 aliphatic carbocycles. The third-order valence-corrected chi connectivity index (χ3v) is 3.99. The van der Waals surface area contributed by atoms with Crippen molar-refractivity contribution >= 4 is 11.5 Å². The van der Waals surface area contributed by atoms with Crippen molar-refractivity contribution in [2.45, 2.75) is 65.2 Å². The molecule has 0 aliphatic rings. The quantitative estimate of drug-likeness (QED) is 0.684. The lowest BCUT2D eigenvalue weighted by molar-refractivity contribution is 0.382. The van der Waals surface area contributed by atoms with Gasteiger partial charge in [0.25, 0.3) is 0 Å². The minimum Gasteiger partial charge on any atom is -0.201 e. The molecular formula is C13H23NS. The van der Waals surface area contributed by atoms with Crippen LogP contribution < -0.4 is 0 Å². The number of hydrogen-bond donors (Lipinski definition) is 0. The van der Waals surface area contributed by atoms with E-state index in [0.717, 1.165) is 0 Å². The fourth-order valence-electron chi connectivity index (χ4n) is 2.39. The van der Waals surface area contributed by atoms with Crippen LogP contribution in [0, 0.1) is 6.92 Å². The zero-order valence-electron chi connectivity index (χ0n) is 10.5. The molecule has 1 aromatic heterocycles. The summed E-state index contributed by atoms with van der Waals surface area (Å²) in [5.74, 6) is 0. The summed E-state index contributed by atoms with van der Waals surface area (Å²) in [7, 11) is 0. The maximum absolute atomic E-state index is 4.32. The highest BCUT2D eigenvalue weighted by molar-refractivity contribution is 7.05. The number of nitrogens with zero attached hydrogens (tertiary/aromatic N) is 1. The van der Waals surface area contributed by atoms with Crippen molar-refractivity contribution in [2.24, 2.45) is 0 Å². The van der Waals surface area contributed by atoms with Crippen LogP contribution in [0.15, 0.2) is 6.20 Å². The molecule has 0 spiro atoms. The lowest BCUT2D eigenvalue weighted by Crippen LogP contribution is -2.22. The van der Waals surface area contributed by atoms with Gasteiger partial charge in [-0.3, -0.25) is 0 Å². The number of hydrogen-bond acceptors (Lipinski definition) is 2. The Hall–Kier alpha value is -0.370. The van der Waals surface area contributed by atoms with Gasteiger partial charge in [-0.15, -0.1) is 0 Å². The first-order valence-corrected chi connectivity index (χ1v) is 6.83. The lowest BCUT2D eigenvalue weighted by atomic mass is 9.75. The summed E-state index contributed by atoms with van der Waals surface area (Å²) >= 11 is 1.64. The average Bonchev–Trinajstić information content (AvgIpc) is 2.62. The standard InChI is InChI=1S/C13H23NS/c1-5-7-9-13(4,8-6-2)12-10-14-15-11(12)3/h10H,5-9H2,1-4H3. The minimum absolute atomic E-state index is 0.363. The van der Waals surface area contributed by atoms with Crippen LogP contribution in [0.4, 0.5) is 0 Å². The van der Waals surface area contributed by atoms with Crippen molar-refractivity contribution in [3.8, 4) is 0 Å². The summed E-state index contributed by atoms with van der Waals surface area (Å²) in [6.07, 6.45) is 8.55. The van der Waals surface area contributed by atoms with E-state index in [-0.39, 0.29) is 0 Å². The Kier molecular flexibility index (Phi) is 4.78. The van der Waals surface area contributed by atoms with E-state index in [4.69, 9.17) is 0 Å². The molecule has 86 valence electrons. The van der Waals surface area contributed by atoms with Crippen molar-refractivity contribution < 1.29 is 0 Å². The summed E-state index contributed by atoms with van der Waals surface area (Å²) in [4.78, 5) is 1.40. The fraction of sp³-hybridized carbons (Fsp3) is 0.769. The molecule has 0 radical (unpaired) electrons. The fourth-order valence-corrected chi connectivity index (χ4v) is 3.11. The van der Waals surface area contributed by atoms with Gasteiger partial charge in [0.05, 0.1) is 0 Å². The smallest absolute Gasteiger partial charge is 0.0447 e. The first-order chi connectivity index (χ1) is 7.14. The van der Waals surface area contributed by atoms with Crippen molar-refractivity contribution in [3.63, 3.8) is 0 Å². The Labute approximate surface area is 98.1 Å². The third kappa shape index (κ3) is 3.04. The molecule has 0 aromatic carbocycles. The molecule has 0 saturated heterocycles. The van der Waals surface area contributed by atoms with Crippen LogP contribution in [-0.2, 0) is 5.41 Å². The number of unbranched alkanes of at least 4 members (excludes halogenated alkanes) is 1. The summed E-state index contributed by atoms with van der Waals surface area (Å²) in [6, 6.07) is 0. The van der Waals surface area contributed by atoms with Crippen molar-refractivity contribution in [2.75, 3.05) is 0 Å². The van der Waals surface area contributed by atoms with E-state index < -0.39 is 0 Å². The van der Waals surface area contributed by atoms with Crippen LogP contribution in [0.3, 0.4) is 0 Å². The predicted molar refractivity (Wildman–Crippen MR) is 68.6 cm³/mol. The highest BCUT2D eigenvalue weighted by Gasteiger charge is 2.27. The van der Waals surface area contributed by atoms with Crippen molar-refractivity contribution in [3.05, 3.63) is 16.6 Å². The first-order valence-electron chi connectivity index (χ1n) is 6.05. The molecule has 1 aromatic rings. The van der Waals surface area contributed by atoms with E-state index in [0.29, 0.717) is 5.41 Å². The van der Waals surface area contributed by atoms with E-state index in [1.54, 1.807) is 11.5 Å². The Morgan fingerprint density at radius 2 is 2.00 bits per heavy atom. The van der Waals surface area contributed by atoms with Crippen LogP contribution in [0.25, 0.3) is 0 Å². The molecule has 0 saturated carbocycles. The normalized spacial score (nSPS) is 15.2. The van der Waals surface area contributed by atoms with Crippen molar-refractivity contribution in [1.82, 2.24) is 4.37 Å². The van der Waals surface area contributed by atoms with E-state index >= 15 is 0 Å². The van der Waals surface area contributed by atoms with Crippen LogP contribution >= 0.6 is 11.5 Å². The highest BCUT2D eigenvalue weighted by atomic mass is 32.1. The molecule has 15 heavy (non-hydrogen) atoms. The summed E-state index contributed by atoms with van der Waals surface area (Å²) < 4.78 is 4.32. The van der Waals surface area contributed by atoms with Crippen LogP contribution in [0.2, 0.25) is 0 Å². The van der Waals surface area contributed by atoms with Gasteiger partial charge in [-0.05, 0) is 42.3 Å². The van der Waals surface area contributed by atoms with Gasteiger partial charge in [0, 0.05) is 11.1 Å². The van der Waals surface area contributed by atoms with Crippen LogP contribution in [-0.4, -0.2) is 4.37 Å². The molecule has 2 heteroatoms. The highest BCUT2D eigenvalue weighted by Crippen LogP contribution is 2.37. The van der Waals surface area contributed by atoms with E-state index in [2.05, 4.69) is 38.3 Å². The van der Waals surface area contributed by atoms with Crippen molar-refractivity contribution in [1.29, 1.82) is 0 Å². The molecule has 1 rings (SSSR count). The Morgan fingerprint density at radius 3 is 2.47 bits per heavy atom. The van der Waals surface area contributed by atoms with Crippen LogP contribution in [0.1, 0.15) is 63.3 Å². The largest absolute Gasteiger partial charge is 0.201 e. The molecule has 1 heterocycles. The molecule has 0 bridgehead atoms. The minimum atomic E-state index is 0.363. The summed E-state index contributed by atoms with van der Waals surface area (Å²) in [6.45, 7) is 9.15. The maximum Gasteiger partial charge on any atom is 0.0447 e. The van der Waals surface area contributed by atoms with Gasteiger partial charge < -0.3 is 0 Å². The van der Waals surface area contributed by atoms with E-state index in [1.807, 2.05) is 0 Å². The maximum atomic E-state index is 4.32. The Morgan fingerprint density at radius 1 is 1.27 bits per heavy atom. The third-order valence-electron chi connectivity index (χ3n) is 3.28. The molecule has 0 fully saturated rings. The lowest BCUT2D eigenvalue weighted by Gasteiger charge is -2.29. The van der Waals surface area contributed by atoms with Gasteiger partial charge in [0.15, 0.2) is 0 Å². The second kappa shape index (κ2) is 5.64. The monoisotopic (exact) mass is 225 g/mol. The number of rotatable bonds is 6. The van der Waals surface area contributed by atoms with Gasteiger partial charge in [-0.1, -0.05) is 40.0 Å². The first kappa shape index (κ1) is 12.7. The Balaban J connectivity index is 2.85.